The van der Waals surface area contributed by atoms with Crippen molar-refractivity contribution < 1.29 is 14.3 Å². The molecule has 2 heterocycles. The third kappa shape index (κ3) is 1.64. The highest BCUT2D eigenvalue weighted by Crippen LogP contribution is 2.29. The lowest BCUT2D eigenvalue weighted by Crippen LogP contribution is -1.91. The van der Waals surface area contributed by atoms with E-state index in [4.69, 9.17) is 9.52 Å². The molecule has 88 valence electrons. The summed E-state index contributed by atoms with van der Waals surface area (Å²) in [5.74, 6) is -0.600. The molecule has 3 rings (SSSR count). The van der Waals surface area contributed by atoms with Gasteiger partial charge in [-0.2, -0.15) is 0 Å². The van der Waals surface area contributed by atoms with Crippen molar-refractivity contribution in [1.29, 1.82) is 0 Å². The minimum Gasteiger partial charge on any atom is -0.475 e. The molecule has 0 bridgehead atoms. The van der Waals surface area contributed by atoms with Crippen molar-refractivity contribution in [2.24, 2.45) is 0 Å². The second-order valence-electron chi connectivity index (χ2n) is 3.87. The number of carbonyl (C=O) groups is 1. The molecule has 0 aliphatic heterocycles. The fraction of sp³-hybridized carbons (Fsp3) is 0. The number of carboxylic acids is 1. The zero-order chi connectivity index (χ0) is 12.5. The Balaban J connectivity index is 2.21. The Bertz CT molecular complexity index is 725. The molecule has 18 heavy (non-hydrogen) atoms. The lowest BCUT2D eigenvalue weighted by atomic mass is 10.1. The first-order chi connectivity index (χ1) is 8.75. The fourth-order valence-corrected chi connectivity index (χ4v) is 1.93. The third-order valence-electron chi connectivity index (χ3n) is 2.77. The van der Waals surface area contributed by atoms with Gasteiger partial charge in [-0.05, 0) is 23.6 Å². The quantitative estimate of drug-likeness (QED) is 0.745. The van der Waals surface area contributed by atoms with Gasteiger partial charge in [0, 0.05) is 23.3 Å². The van der Waals surface area contributed by atoms with Crippen LogP contribution in [0.4, 0.5) is 0 Å². The van der Waals surface area contributed by atoms with Gasteiger partial charge < -0.3 is 9.52 Å². The Hall–Kier alpha value is -2.62. The van der Waals surface area contributed by atoms with E-state index >= 15 is 0 Å². The van der Waals surface area contributed by atoms with Gasteiger partial charge in [0.15, 0.2) is 0 Å². The average Bonchev–Trinajstić information content (AvgIpc) is 2.87. The van der Waals surface area contributed by atoms with Gasteiger partial charge in [0.2, 0.25) is 5.76 Å². The minimum atomic E-state index is -1.07. The summed E-state index contributed by atoms with van der Waals surface area (Å²) in [6, 6.07) is 10.8. The second kappa shape index (κ2) is 4.00. The summed E-state index contributed by atoms with van der Waals surface area (Å²) < 4.78 is 5.31. The van der Waals surface area contributed by atoms with E-state index in [0.717, 1.165) is 16.3 Å². The molecular formula is C14H9NO3. The molecule has 0 aliphatic carbocycles. The minimum absolute atomic E-state index is 0.0640. The van der Waals surface area contributed by atoms with E-state index in [2.05, 4.69) is 4.98 Å². The topological polar surface area (TPSA) is 63.3 Å². The van der Waals surface area contributed by atoms with E-state index in [1.165, 1.54) is 6.07 Å². The lowest BCUT2D eigenvalue weighted by Gasteiger charge is -2.02. The van der Waals surface area contributed by atoms with Crippen LogP contribution in [-0.4, -0.2) is 16.1 Å². The van der Waals surface area contributed by atoms with E-state index in [0.29, 0.717) is 5.76 Å². The van der Waals surface area contributed by atoms with Crippen molar-refractivity contribution in [3.8, 4) is 11.3 Å². The molecule has 2 aromatic heterocycles. The fourth-order valence-electron chi connectivity index (χ4n) is 1.93. The van der Waals surface area contributed by atoms with Crippen LogP contribution in [-0.2, 0) is 0 Å². The van der Waals surface area contributed by atoms with Crippen LogP contribution < -0.4 is 0 Å². The molecule has 0 amide bonds. The Kier molecular flexibility index (Phi) is 2.34. The van der Waals surface area contributed by atoms with Crippen LogP contribution in [0.15, 0.2) is 53.2 Å². The number of furan rings is 1. The predicted octanol–water partition coefficient (Wildman–Crippen LogP) is 3.19. The van der Waals surface area contributed by atoms with Crippen LogP contribution in [0.2, 0.25) is 0 Å². The first-order valence-electron chi connectivity index (χ1n) is 5.42. The predicted molar refractivity (Wildman–Crippen MR) is 66.4 cm³/mol. The first kappa shape index (κ1) is 10.5. The third-order valence-corrected chi connectivity index (χ3v) is 2.77. The summed E-state index contributed by atoms with van der Waals surface area (Å²) in [6.07, 6.45) is 3.46. The highest BCUT2D eigenvalue weighted by Gasteiger charge is 2.12. The number of nitrogens with zero attached hydrogens (tertiary/aromatic N) is 1. The number of aromatic carboxylic acids is 1. The molecule has 0 saturated carbocycles. The number of pyridine rings is 1. The summed E-state index contributed by atoms with van der Waals surface area (Å²) >= 11 is 0. The van der Waals surface area contributed by atoms with E-state index in [1.807, 2.05) is 24.3 Å². The monoisotopic (exact) mass is 239 g/mol. The van der Waals surface area contributed by atoms with Gasteiger partial charge in [0.05, 0.1) is 0 Å². The van der Waals surface area contributed by atoms with Gasteiger partial charge in [0.25, 0.3) is 0 Å². The number of aromatic nitrogens is 1. The molecule has 4 nitrogen and oxygen atoms in total. The molecule has 0 saturated heterocycles. The Morgan fingerprint density at radius 2 is 2.06 bits per heavy atom. The molecule has 4 heteroatoms. The number of hydrogen-bond donors (Lipinski definition) is 1. The van der Waals surface area contributed by atoms with E-state index in [9.17, 15) is 4.79 Å². The maximum absolute atomic E-state index is 10.8. The van der Waals surface area contributed by atoms with Crippen molar-refractivity contribution in [3.63, 3.8) is 0 Å². The zero-order valence-electron chi connectivity index (χ0n) is 9.33. The van der Waals surface area contributed by atoms with Gasteiger partial charge in [-0.15, -0.1) is 0 Å². The van der Waals surface area contributed by atoms with Crippen molar-refractivity contribution in [1.82, 2.24) is 4.98 Å². The standard InChI is InChI=1S/C14H9NO3/c16-14(17)13-5-4-12(18-13)10-3-1-2-9-6-7-15-8-11(9)10/h1-8H,(H,16,17). The van der Waals surface area contributed by atoms with Crippen LogP contribution in [0.3, 0.4) is 0 Å². The smallest absolute Gasteiger partial charge is 0.371 e. The largest absolute Gasteiger partial charge is 0.475 e. The summed E-state index contributed by atoms with van der Waals surface area (Å²) in [4.78, 5) is 14.9. The maximum Gasteiger partial charge on any atom is 0.371 e. The van der Waals surface area contributed by atoms with Crippen LogP contribution >= 0.6 is 0 Å². The van der Waals surface area contributed by atoms with Crippen LogP contribution in [0.25, 0.3) is 22.1 Å². The SMILES string of the molecule is O=C(O)c1ccc(-c2cccc3ccncc23)o1. The molecule has 1 aromatic carbocycles. The van der Waals surface area contributed by atoms with Gasteiger partial charge in [-0.25, -0.2) is 4.79 Å². The lowest BCUT2D eigenvalue weighted by molar-refractivity contribution is 0.0663. The first-order valence-corrected chi connectivity index (χ1v) is 5.42. The molecule has 3 aromatic rings. The van der Waals surface area contributed by atoms with Crippen LogP contribution in [0, 0.1) is 0 Å². The van der Waals surface area contributed by atoms with Gasteiger partial charge in [0.1, 0.15) is 5.76 Å². The molecule has 0 spiro atoms. The van der Waals surface area contributed by atoms with Crippen molar-refractivity contribution in [2.75, 3.05) is 0 Å². The number of hydrogen-bond acceptors (Lipinski definition) is 3. The highest BCUT2D eigenvalue weighted by atomic mass is 16.4. The van der Waals surface area contributed by atoms with Crippen LogP contribution in [0.1, 0.15) is 10.6 Å². The summed E-state index contributed by atoms with van der Waals surface area (Å²) in [5, 5.41) is 10.8. The molecule has 0 atom stereocenters. The molecule has 0 radical (unpaired) electrons. The summed E-state index contributed by atoms with van der Waals surface area (Å²) in [6.45, 7) is 0. The second-order valence-corrected chi connectivity index (χ2v) is 3.87. The molecule has 1 N–H and O–H groups in total. The summed E-state index contributed by atoms with van der Waals surface area (Å²) in [5.41, 5.74) is 0.841. The Morgan fingerprint density at radius 3 is 2.83 bits per heavy atom. The number of benzene rings is 1. The number of carboxylic acid groups (broad SMARTS) is 1. The van der Waals surface area contributed by atoms with Crippen molar-refractivity contribution in [2.45, 2.75) is 0 Å². The average molecular weight is 239 g/mol. The Morgan fingerprint density at radius 1 is 1.17 bits per heavy atom. The van der Waals surface area contributed by atoms with Crippen molar-refractivity contribution >= 4 is 16.7 Å². The van der Waals surface area contributed by atoms with E-state index in [1.54, 1.807) is 18.5 Å². The van der Waals surface area contributed by atoms with Crippen molar-refractivity contribution in [3.05, 3.63) is 54.6 Å². The Labute approximate surface area is 103 Å². The number of rotatable bonds is 2. The molecule has 0 unspecified atom stereocenters. The van der Waals surface area contributed by atoms with Gasteiger partial charge in [-0.1, -0.05) is 18.2 Å². The van der Waals surface area contributed by atoms with Gasteiger partial charge in [-0.3, -0.25) is 4.98 Å². The van der Waals surface area contributed by atoms with Gasteiger partial charge >= 0.3 is 5.97 Å². The highest BCUT2D eigenvalue weighted by molar-refractivity contribution is 5.95. The van der Waals surface area contributed by atoms with Crippen LogP contribution in [0.5, 0.6) is 0 Å². The summed E-state index contributed by atoms with van der Waals surface area (Å²) in [7, 11) is 0. The molecular weight excluding hydrogens is 230 g/mol. The zero-order valence-corrected chi connectivity index (χ0v) is 9.33. The maximum atomic E-state index is 10.8. The normalized spacial score (nSPS) is 10.7. The number of fused-ring (bicyclic) bond motifs is 1. The molecule has 0 fully saturated rings. The molecule has 0 aliphatic rings. The van der Waals surface area contributed by atoms with E-state index in [-0.39, 0.29) is 5.76 Å². The van der Waals surface area contributed by atoms with E-state index < -0.39 is 5.97 Å².